The first-order valence-corrected chi connectivity index (χ1v) is 7.75. The van der Waals surface area contributed by atoms with Crippen LogP contribution in [-0.2, 0) is 10.3 Å². The predicted molar refractivity (Wildman–Crippen MR) is 85.2 cm³/mol. The van der Waals surface area contributed by atoms with Crippen LogP contribution in [-0.4, -0.2) is 16.7 Å². The Hall–Kier alpha value is -1.58. The molecule has 118 valence electrons. The Morgan fingerprint density at radius 2 is 1.90 bits per heavy atom. The Morgan fingerprint density at radius 1 is 1.29 bits per heavy atom. The van der Waals surface area contributed by atoms with Gasteiger partial charge in [0, 0.05) is 6.20 Å². The number of rotatable bonds is 2. The number of ether oxygens (including phenoxy) is 1. The van der Waals surface area contributed by atoms with Crippen molar-refractivity contribution in [3.8, 4) is 0 Å². The summed E-state index contributed by atoms with van der Waals surface area (Å²) in [5.74, 6) is 0. The molecule has 0 unspecified atom stereocenters. The van der Waals surface area contributed by atoms with Crippen LogP contribution in [0.5, 0.6) is 0 Å². The van der Waals surface area contributed by atoms with Crippen molar-refractivity contribution in [1.29, 1.82) is 0 Å². The molecule has 0 spiro atoms. The van der Waals surface area contributed by atoms with E-state index in [0.717, 1.165) is 30.5 Å². The SMILES string of the molecule is CC.Cc1ccc(C2(NC(=O)OC(C)(C)C)CCC2)nc1. The summed E-state index contributed by atoms with van der Waals surface area (Å²) in [4.78, 5) is 16.4. The van der Waals surface area contributed by atoms with Crippen LogP contribution < -0.4 is 5.32 Å². The number of carbonyl (C=O) groups is 1. The lowest BCUT2D eigenvalue weighted by atomic mass is 9.74. The Morgan fingerprint density at radius 3 is 2.29 bits per heavy atom. The van der Waals surface area contributed by atoms with Gasteiger partial charge in [0.2, 0.25) is 0 Å². The molecule has 4 heteroatoms. The third kappa shape index (κ3) is 4.73. The first-order chi connectivity index (χ1) is 9.81. The summed E-state index contributed by atoms with van der Waals surface area (Å²) in [6, 6.07) is 4.02. The Kier molecular flexibility index (Phi) is 5.76. The standard InChI is InChI=1S/C15H22N2O2.C2H6/c1-11-6-7-12(16-10-11)15(8-5-9-15)17-13(18)19-14(2,3)4;1-2/h6-7,10H,5,8-9H2,1-4H3,(H,17,18);1-2H3. The molecule has 0 saturated heterocycles. The van der Waals surface area contributed by atoms with Crippen LogP contribution in [0, 0.1) is 6.92 Å². The second kappa shape index (κ2) is 6.92. The molecule has 1 aliphatic carbocycles. The molecule has 0 radical (unpaired) electrons. The van der Waals surface area contributed by atoms with Gasteiger partial charge < -0.3 is 10.1 Å². The summed E-state index contributed by atoms with van der Waals surface area (Å²) >= 11 is 0. The molecule has 1 amide bonds. The maximum absolute atomic E-state index is 11.9. The van der Waals surface area contributed by atoms with Gasteiger partial charge in [0.25, 0.3) is 0 Å². The average molecular weight is 292 g/mol. The van der Waals surface area contributed by atoms with Crippen LogP contribution in [0.1, 0.15) is 65.1 Å². The first kappa shape index (κ1) is 17.5. The van der Waals surface area contributed by atoms with E-state index in [-0.39, 0.29) is 11.6 Å². The van der Waals surface area contributed by atoms with Crippen molar-refractivity contribution in [1.82, 2.24) is 10.3 Å². The number of aromatic nitrogens is 1. The highest BCUT2D eigenvalue weighted by Crippen LogP contribution is 2.40. The van der Waals surface area contributed by atoms with Crippen molar-refractivity contribution < 1.29 is 9.53 Å². The largest absolute Gasteiger partial charge is 0.444 e. The van der Waals surface area contributed by atoms with Crippen molar-refractivity contribution in [3.05, 3.63) is 29.6 Å². The van der Waals surface area contributed by atoms with Gasteiger partial charge in [-0.3, -0.25) is 4.98 Å². The summed E-state index contributed by atoms with van der Waals surface area (Å²) in [5.41, 5.74) is 1.23. The monoisotopic (exact) mass is 292 g/mol. The van der Waals surface area contributed by atoms with Crippen molar-refractivity contribution in [2.24, 2.45) is 0 Å². The van der Waals surface area contributed by atoms with Crippen LogP contribution in [0.3, 0.4) is 0 Å². The molecule has 0 aromatic carbocycles. The lowest BCUT2D eigenvalue weighted by molar-refractivity contribution is 0.0371. The number of amides is 1. The molecular weight excluding hydrogens is 264 g/mol. The molecule has 0 aliphatic heterocycles. The summed E-state index contributed by atoms with van der Waals surface area (Å²) in [6.07, 6.45) is 4.41. The second-order valence-corrected chi connectivity index (χ2v) is 6.28. The number of nitrogens with zero attached hydrogens (tertiary/aromatic N) is 1. The molecule has 1 N–H and O–H groups in total. The average Bonchev–Trinajstić information content (AvgIpc) is 2.35. The molecule has 21 heavy (non-hydrogen) atoms. The van der Waals surface area contributed by atoms with Gasteiger partial charge >= 0.3 is 6.09 Å². The van der Waals surface area contributed by atoms with E-state index >= 15 is 0 Å². The fourth-order valence-electron chi connectivity index (χ4n) is 2.23. The van der Waals surface area contributed by atoms with Crippen molar-refractivity contribution in [2.75, 3.05) is 0 Å². The number of aryl methyl sites for hydroxylation is 1. The van der Waals surface area contributed by atoms with Crippen LogP contribution in [0.4, 0.5) is 4.79 Å². The molecule has 1 saturated carbocycles. The maximum Gasteiger partial charge on any atom is 0.408 e. The van der Waals surface area contributed by atoms with E-state index in [1.165, 1.54) is 0 Å². The molecule has 1 fully saturated rings. The van der Waals surface area contributed by atoms with Crippen LogP contribution in [0.2, 0.25) is 0 Å². The first-order valence-electron chi connectivity index (χ1n) is 7.75. The minimum Gasteiger partial charge on any atom is -0.444 e. The zero-order valence-electron chi connectivity index (χ0n) is 14.1. The topological polar surface area (TPSA) is 51.2 Å². The van der Waals surface area contributed by atoms with E-state index in [1.807, 2.05) is 59.9 Å². The van der Waals surface area contributed by atoms with Gasteiger partial charge in [-0.05, 0) is 58.6 Å². The highest BCUT2D eigenvalue weighted by Gasteiger charge is 2.42. The number of nitrogens with one attached hydrogen (secondary N) is 1. The smallest absolute Gasteiger partial charge is 0.408 e. The summed E-state index contributed by atoms with van der Waals surface area (Å²) in [6.45, 7) is 11.6. The molecule has 0 atom stereocenters. The molecule has 1 heterocycles. The third-order valence-corrected chi connectivity index (χ3v) is 3.35. The number of alkyl carbamates (subject to hydrolysis) is 1. The van der Waals surface area contributed by atoms with Gasteiger partial charge in [0.1, 0.15) is 5.60 Å². The van der Waals surface area contributed by atoms with Gasteiger partial charge in [-0.15, -0.1) is 0 Å². The highest BCUT2D eigenvalue weighted by molar-refractivity contribution is 5.69. The number of pyridine rings is 1. The van der Waals surface area contributed by atoms with E-state index in [1.54, 1.807) is 0 Å². The Bertz CT molecular complexity index is 457. The molecular formula is C17H28N2O2. The zero-order chi connectivity index (χ0) is 16.1. The van der Waals surface area contributed by atoms with Gasteiger partial charge in [0.05, 0.1) is 11.2 Å². The fraction of sp³-hybridized carbons (Fsp3) is 0.647. The molecule has 0 bridgehead atoms. The number of hydrogen-bond donors (Lipinski definition) is 1. The van der Waals surface area contributed by atoms with Gasteiger partial charge in [0.15, 0.2) is 0 Å². The minimum absolute atomic E-state index is 0.337. The minimum atomic E-state index is -0.476. The maximum atomic E-state index is 11.9. The van der Waals surface area contributed by atoms with Crippen molar-refractivity contribution >= 4 is 6.09 Å². The van der Waals surface area contributed by atoms with Gasteiger partial charge in [-0.25, -0.2) is 4.79 Å². The Balaban J connectivity index is 0.00000106. The van der Waals surface area contributed by atoms with Gasteiger partial charge in [-0.1, -0.05) is 19.9 Å². The molecule has 1 aromatic rings. The van der Waals surface area contributed by atoms with E-state index in [2.05, 4.69) is 10.3 Å². The number of carbonyl (C=O) groups excluding carboxylic acids is 1. The van der Waals surface area contributed by atoms with E-state index in [4.69, 9.17) is 4.74 Å². The van der Waals surface area contributed by atoms with Crippen LogP contribution >= 0.6 is 0 Å². The molecule has 1 aromatic heterocycles. The van der Waals surface area contributed by atoms with Crippen LogP contribution in [0.25, 0.3) is 0 Å². The van der Waals surface area contributed by atoms with Crippen molar-refractivity contribution in [3.63, 3.8) is 0 Å². The van der Waals surface area contributed by atoms with Gasteiger partial charge in [-0.2, -0.15) is 0 Å². The zero-order valence-corrected chi connectivity index (χ0v) is 14.1. The summed E-state index contributed by atoms with van der Waals surface area (Å²) in [7, 11) is 0. The van der Waals surface area contributed by atoms with Crippen LogP contribution in [0.15, 0.2) is 18.3 Å². The van der Waals surface area contributed by atoms with E-state index in [0.29, 0.717) is 0 Å². The van der Waals surface area contributed by atoms with E-state index < -0.39 is 5.60 Å². The molecule has 2 rings (SSSR count). The lowest BCUT2D eigenvalue weighted by Gasteiger charge is -2.42. The summed E-state index contributed by atoms with van der Waals surface area (Å²) in [5, 5.41) is 3.00. The fourth-order valence-corrected chi connectivity index (χ4v) is 2.23. The normalized spacial score (nSPS) is 16.1. The molecule has 4 nitrogen and oxygen atoms in total. The third-order valence-electron chi connectivity index (χ3n) is 3.35. The number of hydrogen-bond acceptors (Lipinski definition) is 3. The van der Waals surface area contributed by atoms with E-state index in [9.17, 15) is 4.79 Å². The predicted octanol–water partition coefficient (Wildman–Crippen LogP) is 4.32. The molecule has 1 aliphatic rings. The Labute approximate surface area is 128 Å². The quantitative estimate of drug-likeness (QED) is 0.883. The van der Waals surface area contributed by atoms with Crippen molar-refractivity contribution in [2.45, 2.75) is 71.9 Å². The lowest BCUT2D eigenvalue weighted by Crippen LogP contribution is -2.52. The highest BCUT2D eigenvalue weighted by atomic mass is 16.6. The second-order valence-electron chi connectivity index (χ2n) is 6.28. The summed E-state index contributed by atoms with van der Waals surface area (Å²) < 4.78 is 5.34.